The second-order valence-corrected chi connectivity index (χ2v) is 5.71. The van der Waals surface area contributed by atoms with Crippen LogP contribution in [-0.4, -0.2) is 6.04 Å². The molecule has 0 heterocycles. The van der Waals surface area contributed by atoms with Gasteiger partial charge < -0.3 is 5.32 Å². The molecule has 1 aliphatic rings. The van der Waals surface area contributed by atoms with Crippen molar-refractivity contribution >= 4 is 5.69 Å². The molecule has 0 atom stereocenters. The Balaban J connectivity index is 2.00. The highest BCUT2D eigenvalue weighted by atomic mass is 19.1. The molecular weight excluding hydrogens is 220 g/mol. The fourth-order valence-corrected chi connectivity index (χ4v) is 2.37. The Bertz CT molecular complexity index is 391. The van der Waals surface area contributed by atoms with E-state index in [0.717, 1.165) is 31.7 Å². The predicted molar refractivity (Wildman–Crippen MR) is 66.0 cm³/mol. The molecule has 0 unspecified atom stereocenters. The molecule has 0 saturated heterocycles. The van der Waals surface area contributed by atoms with Crippen LogP contribution in [0.4, 0.5) is 14.5 Å². The van der Waals surface area contributed by atoms with Gasteiger partial charge in [-0.1, -0.05) is 13.8 Å². The minimum Gasteiger partial charge on any atom is -0.380 e. The summed E-state index contributed by atoms with van der Waals surface area (Å²) >= 11 is 0. The van der Waals surface area contributed by atoms with Crippen LogP contribution >= 0.6 is 0 Å². The average Bonchev–Trinajstić information content (AvgIpc) is 2.26. The summed E-state index contributed by atoms with van der Waals surface area (Å²) in [5.41, 5.74) is 0.674. The van der Waals surface area contributed by atoms with Crippen LogP contribution in [0.1, 0.15) is 39.5 Å². The third-order valence-electron chi connectivity index (χ3n) is 3.63. The second kappa shape index (κ2) is 4.63. The van der Waals surface area contributed by atoms with Crippen molar-refractivity contribution in [2.75, 3.05) is 5.32 Å². The maximum atomic E-state index is 13.4. The zero-order valence-electron chi connectivity index (χ0n) is 10.4. The minimum atomic E-state index is -0.398. The summed E-state index contributed by atoms with van der Waals surface area (Å²) in [7, 11) is 0. The smallest absolute Gasteiger partial charge is 0.146 e. The van der Waals surface area contributed by atoms with Crippen molar-refractivity contribution in [3.05, 3.63) is 29.8 Å². The number of nitrogens with one attached hydrogen (secondary N) is 1. The molecule has 0 radical (unpaired) electrons. The molecular formula is C14H19F2N. The van der Waals surface area contributed by atoms with Crippen molar-refractivity contribution in [2.24, 2.45) is 5.41 Å². The Morgan fingerprint density at radius 3 is 2.47 bits per heavy atom. The third-order valence-corrected chi connectivity index (χ3v) is 3.63. The quantitative estimate of drug-likeness (QED) is 0.809. The van der Waals surface area contributed by atoms with E-state index >= 15 is 0 Å². The van der Waals surface area contributed by atoms with Gasteiger partial charge in [-0.15, -0.1) is 0 Å². The van der Waals surface area contributed by atoms with Crippen LogP contribution in [0.3, 0.4) is 0 Å². The fraction of sp³-hybridized carbons (Fsp3) is 0.571. The van der Waals surface area contributed by atoms with Crippen molar-refractivity contribution in [1.82, 2.24) is 0 Å². The maximum absolute atomic E-state index is 13.4. The van der Waals surface area contributed by atoms with E-state index in [9.17, 15) is 8.78 Å². The lowest BCUT2D eigenvalue weighted by Gasteiger charge is -2.35. The first-order valence-corrected chi connectivity index (χ1v) is 6.18. The van der Waals surface area contributed by atoms with Crippen molar-refractivity contribution < 1.29 is 8.78 Å². The first-order valence-electron chi connectivity index (χ1n) is 6.18. The lowest BCUT2D eigenvalue weighted by molar-refractivity contribution is 0.232. The highest BCUT2D eigenvalue weighted by molar-refractivity contribution is 5.45. The summed E-state index contributed by atoms with van der Waals surface area (Å²) in [6, 6.07) is 3.81. The first-order chi connectivity index (χ1) is 7.96. The summed E-state index contributed by atoms with van der Waals surface area (Å²) in [5.74, 6) is -0.777. The monoisotopic (exact) mass is 239 g/mol. The van der Waals surface area contributed by atoms with Crippen LogP contribution in [-0.2, 0) is 0 Å². The fourth-order valence-electron chi connectivity index (χ4n) is 2.37. The highest BCUT2D eigenvalue weighted by Gasteiger charge is 2.27. The lowest BCUT2D eigenvalue weighted by Crippen LogP contribution is -2.30. The molecule has 1 aromatic rings. The van der Waals surface area contributed by atoms with Gasteiger partial charge in [-0.2, -0.15) is 0 Å². The van der Waals surface area contributed by atoms with Gasteiger partial charge >= 0.3 is 0 Å². The van der Waals surface area contributed by atoms with Crippen LogP contribution in [0, 0.1) is 17.0 Å². The Kier molecular flexibility index (Phi) is 3.36. The molecule has 0 spiro atoms. The normalized spacial score (nSPS) is 20.2. The Hall–Kier alpha value is -1.12. The average molecular weight is 239 g/mol. The molecule has 0 bridgehead atoms. The van der Waals surface area contributed by atoms with Crippen LogP contribution in [0.5, 0.6) is 0 Å². The van der Waals surface area contributed by atoms with Crippen LogP contribution in [0.25, 0.3) is 0 Å². The van der Waals surface area contributed by atoms with E-state index in [1.54, 1.807) is 0 Å². The summed E-state index contributed by atoms with van der Waals surface area (Å²) in [5, 5.41) is 3.11. The predicted octanol–water partition coefficient (Wildman–Crippen LogP) is 4.35. The molecule has 1 nitrogen and oxygen atoms in total. The highest BCUT2D eigenvalue weighted by Crippen LogP contribution is 2.36. The Morgan fingerprint density at radius 2 is 1.82 bits per heavy atom. The number of benzene rings is 1. The minimum absolute atomic E-state index is 0.263. The molecule has 1 aliphatic carbocycles. The van der Waals surface area contributed by atoms with E-state index in [4.69, 9.17) is 0 Å². The van der Waals surface area contributed by atoms with Gasteiger partial charge in [0, 0.05) is 6.04 Å². The molecule has 1 fully saturated rings. The van der Waals surface area contributed by atoms with Crippen LogP contribution < -0.4 is 5.32 Å². The second-order valence-electron chi connectivity index (χ2n) is 5.71. The van der Waals surface area contributed by atoms with Crippen LogP contribution in [0.15, 0.2) is 18.2 Å². The van der Waals surface area contributed by atoms with Crippen molar-refractivity contribution in [3.8, 4) is 0 Å². The van der Waals surface area contributed by atoms with Gasteiger partial charge in [0.15, 0.2) is 0 Å². The maximum Gasteiger partial charge on any atom is 0.146 e. The molecule has 1 aromatic carbocycles. The zero-order chi connectivity index (χ0) is 12.5. The van der Waals surface area contributed by atoms with Crippen LogP contribution in [0.2, 0.25) is 0 Å². The van der Waals surface area contributed by atoms with Crippen molar-refractivity contribution in [1.29, 1.82) is 0 Å². The molecule has 1 saturated carbocycles. The number of anilines is 1. The van der Waals surface area contributed by atoms with E-state index in [0.29, 0.717) is 5.41 Å². The van der Waals surface area contributed by atoms with Gasteiger partial charge in [0.05, 0.1) is 5.69 Å². The molecule has 1 N–H and O–H groups in total. The number of hydrogen-bond donors (Lipinski definition) is 1. The molecule has 17 heavy (non-hydrogen) atoms. The van der Waals surface area contributed by atoms with Gasteiger partial charge in [0.2, 0.25) is 0 Å². The summed E-state index contributed by atoms with van der Waals surface area (Å²) in [6.07, 6.45) is 4.29. The largest absolute Gasteiger partial charge is 0.380 e. The number of halogens is 2. The van der Waals surface area contributed by atoms with Crippen molar-refractivity contribution in [3.63, 3.8) is 0 Å². The third kappa shape index (κ3) is 3.18. The van der Waals surface area contributed by atoms with E-state index in [1.807, 2.05) is 0 Å². The van der Waals surface area contributed by atoms with Gasteiger partial charge in [0.25, 0.3) is 0 Å². The summed E-state index contributed by atoms with van der Waals surface area (Å²) < 4.78 is 26.5. The summed E-state index contributed by atoms with van der Waals surface area (Å²) in [6.45, 7) is 4.51. The van der Waals surface area contributed by atoms with E-state index in [-0.39, 0.29) is 17.5 Å². The van der Waals surface area contributed by atoms with Gasteiger partial charge in [0.1, 0.15) is 11.6 Å². The van der Waals surface area contributed by atoms with Crippen molar-refractivity contribution in [2.45, 2.75) is 45.6 Å². The van der Waals surface area contributed by atoms with Gasteiger partial charge in [-0.3, -0.25) is 0 Å². The number of hydrogen-bond acceptors (Lipinski definition) is 1. The Labute approximate surface area is 101 Å². The lowest BCUT2D eigenvalue weighted by atomic mass is 9.75. The molecule has 0 aromatic heterocycles. The number of rotatable bonds is 2. The molecule has 2 rings (SSSR count). The Morgan fingerprint density at radius 1 is 1.18 bits per heavy atom. The summed E-state index contributed by atoms with van der Waals surface area (Å²) in [4.78, 5) is 0. The topological polar surface area (TPSA) is 12.0 Å². The molecule has 0 aliphatic heterocycles. The van der Waals surface area contributed by atoms with Gasteiger partial charge in [-0.05, 0) is 49.3 Å². The first kappa shape index (κ1) is 12.3. The molecule has 94 valence electrons. The SMILES string of the molecule is CC1(C)CCC(Nc2cc(F)ccc2F)CC1. The molecule has 3 heteroatoms. The van der Waals surface area contributed by atoms with E-state index in [2.05, 4.69) is 19.2 Å². The molecule has 0 amide bonds. The van der Waals surface area contributed by atoms with E-state index < -0.39 is 5.82 Å². The van der Waals surface area contributed by atoms with Gasteiger partial charge in [-0.25, -0.2) is 8.78 Å². The zero-order valence-corrected chi connectivity index (χ0v) is 10.4. The van der Waals surface area contributed by atoms with E-state index in [1.165, 1.54) is 12.1 Å². The standard InChI is InChI=1S/C14H19F2N/c1-14(2)7-5-11(6-8-14)17-13-9-10(15)3-4-12(13)16/h3-4,9,11,17H,5-8H2,1-2H3.